The average molecular weight is 612 g/mol. The molecule has 1 saturated heterocycles. The molecule has 0 aromatic heterocycles. The number of aldehydes is 1. The zero-order chi connectivity index (χ0) is 31.8. The minimum absolute atomic E-state index is 0.0453. The van der Waals surface area contributed by atoms with Crippen LogP contribution in [0.3, 0.4) is 0 Å². The Bertz CT molecular complexity index is 1650. The van der Waals surface area contributed by atoms with Crippen molar-refractivity contribution in [3.63, 3.8) is 0 Å². The largest absolute Gasteiger partial charge is 0.461 e. The van der Waals surface area contributed by atoms with Gasteiger partial charge in [0.1, 0.15) is 5.75 Å². The second kappa shape index (κ2) is 14.1. The molecule has 0 spiro atoms. The first-order valence-corrected chi connectivity index (χ1v) is 13.6. The van der Waals surface area contributed by atoms with Gasteiger partial charge in [0.05, 0.1) is 21.6 Å². The molecule has 12 heteroatoms. The molecule has 4 aromatic rings. The van der Waals surface area contributed by atoms with Crippen LogP contribution < -0.4 is 4.74 Å². The van der Waals surface area contributed by atoms with Gasteiger partial charge in [0.2, 0.25) is 12.4 Å². The van der Waals surface area contributed by atoms with Crippen molar-refractivity contribution in [3.8, 4) is 5.75 Å². The van der Waals surface area contributed by atoms with Crippen molar-refractivity contribution in [2.75, 3.05) is 0 Å². The Hall–Kier alpha value is -5.88. The molecule has 12 nitrogen and oxygen atoms in total. The van der Waals surface area contributed by atoms with E-state index in [2.05, 4.69) is 0 Å². The van der Waals surface area contributed by atoms with Crippen molar-refractivity contribution in [1.29, 1.82) is 0 Å². The highest BCUT2D eigenvalue weighted by molar-refractivity contribution is 5.91. The molecule has 1 aliphatic rings. The number of hydrogen-bond donors (Lipinski definition) is 0. The lowest BCUT2D eigenvalue weighted by atomic mass is 9.98. The average Bonchev–Trinajstić information content (AvgIpc) is 3.08. The lowest BCUT2D eigenvalue weighted by Crippen LogP contribution is -2.63. The number of nitro groups is 1. The maximum Gasteiger partial charge on any atom is 0.338 e. The van der Waals surface area contributed by atoms with E-state index in [1.807, 2.05) is 0 Å². The summed E-state index contributed by atoms with van der Waals surface area (Å²) in [5, 5.41) is 11.1. The molecule has 0 unspecified atom stereocenters. The fourth-order valence-electron chi connectivity index (χ4n) is 4.51. The van der Waals surface area contributed by atoms with Gasteiger partial charge >= 0.3 is 17.9 Å². The molecule has 5 atom stereocenters. The zero-order valence-electron chi connectivity index (χ0n) is 23.4. The Morgan fingerprint density at radius 3 is 1.47 bits per heavy atom. The van der Waals surface area contributed by atoms with Crippen molar-refractivity contribution in [2.45, 2.75) is 30.7 Å². The molecule has 5 rings (SSSR count). The first kappa shape index (κ1) is 30.6. The van der Waals surface area contributed by atoms with Crippen LogP contribution in [-0.4, -0.2) is 59.8 Å². The lowest BCUT2D eigenvalue weighted by Gasteiger charge is -2.42. The Balaban J connectivity index is 1.54. The van der Waals surface area contributed by atoms with Crippen LogP contribution in [0.2, 0.25) is 0 Å². The molecule has 1 fully saturated rings. The number of carbonyl (C=O) groups excluding carboxylic acids is 4. The highest BCUT2D eigenvalue weighted by Crippen LogP contribution is 2.32. The predicted octanol–water partition coefficient (Wildman–Crippen LogP) is 4.57. The van der Waals surface area contributed by atoms with Crippen molar-refractivity contribution < 1.29 is 47.8 Å². The van der Waals surface area contributed by atoms with Gasteiger partial charge in [-0.25, -0.2) is 14.4 Å². The number of carbonyl (C=O) groups is 4. The third-order valence-corrected chi connectivity index (χ3v) is 6.72. The molecule has 0 amide bonds. The molecule has 1 aliphatic heterocycles. The van der Waals surface area contributed by atoms with Crippen LogP contribution in [-0.2, 0) is 23.7 Å². The summed E-state index contributed by atoms with van der Waals surface area (Å²) in [4.78, 5) is 62.7. The fraction of sp³-hybridized carbons (Fsp3) is 0.152. The summed E-state index contributed by atoms with van der Waals surface area (Å²) in [6, 6.07) is 28.6. The van der Waals surface area contributed by atoms with Gasteiger partial charge in [-0.3, -0.25) is 10.1 Å². The Kier molecular flexibility index (Phi) is 9.55. The monoisotopic (exact) mass is 611 g/mol. The molecule has 45 heavy (non-hydrogen) atoms. The summed E-state index contributed by atoms with van der Waals surface area (Å²) in [6.45, 7) is 0. The van der Waals surface area contributed by atoms with Crippen LogP contribution in [0.4, 0.5) is 5.69 Å². The molecule has 1 heterocycles. The molecule has 0 saturated carbocycles. The summed E-state index contributed by atoms with van der Waals surface area (Å²) in [5.74, 6) is -2.55. The molecule has 0 N–H and O–H groups in total. The van der Waals surface area contributed by atoms with Gasteiger partial charge in [0, 0.05) is 12.1 Å². The molecule has 4 aromatic carbocycles. The normalized spacial score (nSPS) is 20.7. The maximum absolute atomic E-state index is 13.3. The van der Waals surface area contributed by atoms with Gasteiger partial charge in [0.25, 0.3) is 5.69 Å². The van der Waals surface area contributed by atoms with Crippen LogP contribution in [0.1, 0.15) is 31.1 Å². The number of non-ortho nitro benzene ring substituents is 1. The molecule has 0 bridgehead atoms. The number of ether oxygens (including phenoxy) is 5. The van der Waals surface area contributed by atoms with E-state index in [9.17, 15) is 29.3 Å². The van der Waals surface area contributed by atoms with E-state index in [0.717, 1.165) is 0 Å². The van der Waals surface area contributed by atoms with Crippen LogP contribution in [0.15, 0.2) is 115 Å². The number of rotatable bonds is 10. The highest BCUT2D eigenvalue weighted by Gasteiger charge is 2.54. The Labute approximate surface area is 256 Å². The van der Waals surface area contributed by atoms with Gasteiger partial charge in [-0.1, -0.05) is 54.6 Å². The van der Waals surface area contributed by atoms with E-state index in [-0.39, 0.29) is 28.1 Å². The molecule has 0 radical (unpaired) electrons. The maximum atomic E-state index is 13.3. The van der Waals surface area contributed by atoms with Gasteiger partial charge < -0.3 is 28.5 Å². The summed E-state index contributed by atoms with van der Waals surface area (Å²) >= 11 is 0. The van der Waals surface area contributed by atoms with Gasteiger partial charge in [-0.05, 0) is 48.5 Å². The first-order valence-electron chi connectivity index (χ1n) is 13.6. The summed E-state index contributed by atoms with van der Waals surface area (Å²) in [6.07, 6.45) is -7.63. The highest BCUT2D eigenvalue weighted by atomic mass is 16.7. The van der Waals surface area contributed by atoms with Crippen molar-refractivity contribution in [2.24, 2.45) is 0 Å². The Morgan fingerprint density at radius 1 is 0.622 bits per heavy atom. The van der Waals surface area contributed by atoms with Gasteiger partial charge in [-0.2, -0.15) is 0 Å². The fourth-order valence-corrected chi connectivity index (χ4v) is 4.51. The molecular formula is C33H25NO11. The standard InChI is InChI=1S/C33H25NO11/c35-20-26-27(43-30(36)21-10-4-1-5-11-21)28(44-31(37)22-12-6-2-7-13-22)29(45-32(38)23-14-8-3-9-15-23)33(42-26)41-25-18-16-24(17-19-25)34(39)40/h1-20,26-29,33H/t26-,27-,28+,29+,33+/m1/s1. The van der Waals surface area contributed by atoms with Crippen molar-refractivity contribution >= 4 is 29.9 Å². The van der Waals surface area contributed by atoms with E-state index in [0.29, 0.717) is 6.29 Å². The third kappa shape index (κ3) is 7.37. The van der Waals surface area contributed by atoms with E-state index >= 15 is 0 Å². The van der Waals surface area contributed by atoms with Crippen LogP contribution >= 0.6 is 0 Å². The number of nitro benzene ring substituents is 1. The smallest absolute Gasteiger partial charge is 0.338 e. The minimum atomic E-state index is -1.62. The summed E-state index contributed by atoms with van der Waals surface area (Å²) in [7, 11) is 0. The van der Waals surface area contributed by atoms with E-state index in [1.165, 1.54) is 60.7 Å². The minimum Gasteiger partial charge on any atom is -0.461 e. The topological polar surface area (TPSA) is 158 Å². The molecule has 228 valence electrons. The van der Waals surface area contributed by atoms with E-state index in [1.54, 1.807) is 54.6 Å². The zero-order valence-corrected chi connectivity index (χ0v) is 23.4. The molecule has 0 aliphatic carbocycles. The first-order chi connectivity index (χ1) is 21.8. The van der Waals surface area contributed by atoms with Crippen molar-refractivity contribution in [3.05, 3.63) is 142 Å². The van der Waals surface area contributed by atoms with Gasteiger partial charge in [-0.15, -0.1) is 0 Å². The van der Waals surface area contributed by atoms with Crippen molar-refractivity contribution in [1.82, 2.24) is 0 Å². The second-order valence-corrected chi connectivity index (χ2v) is 9.68. The van der Waals surface area contributed by atoms with Crippen LogP contribution in [0, 0.1) is 10.1 Å². The SMILES string of the molecule is O=C[C@H]1O[C@H](Oc2ccc([N+](=O)[O-])cc2)[C@@H](OC(=O)c2ccccc2)[C@@H](OC(=O)c2ccccc2)[C@@H]1OC(=O)c1ccccc1. The number of benzene rings is 4. The van der Waals surface area contributed by atoms with Crippen LogP contribution in [0.5, 0.6) is 5.75 Å². The van der Waals surface area contributed by atoms with Crippen LogP contribution in [0.25, 0.3) is 0 Å². The Morgan fingerprint density at radius 2 is 1.04 bits per heavy atom. The van der Waals surface area contributed by atoms with Gasteiger partial charge in [0.15, 0.2) is 24.6 Å². The second-order valence-electron chi connectivity index (χ2n) is 9.68. The molecular weight excluding hydrogens is 586 g/mol. The summed E-state index contributed by atoms with van der Waals surface area (Å²) < 4.78 is 29.1. The predicted molar refractivity (Wildman–Crippen MR) is 155 cm³/mol. The third-order valence-electron chi connectivity index (χ3n) is 6.72. The lowest BCUT2D eigenvalue weighted by molar-refractivity contribution is -0.384. The van der Waals surface area contributed by atoms with E-state index < -0.39 is 53.5 Å². The number of nitrogens with zero attached hydrogens (tertiary/aromatic N) is 1. The summed E-state index contributed by atoms with van der Waals surface area (Å²) in [5.41, 5.74) is 0.181. The number of esters is 3. The van der Waals surface area contributed by atoms with E-state index in [4.69, 9.17) is 23.7 Å². The number of hydrogen-bond acceptors (Lipinski definition) is 11. The quantitative estimate of drug-likeness (QED) is 0.0813.